The number of nitrogens with one attached hydrogen (secondary N) is 1. The number of hydrogen-bond acceptors (Lipinski definition) is 4. The Morgan fingerprint density at radius 3 is 2.08 bits per heavy atom. The maximum absolute atomic E-state index is 14.0. The Balaban J connectivity index is 2.04. The molecule has 3 aromatic rings. The maximum atomic E-state index is 14.0. The van der Waals surface area contributed by atoms with Crippen LogP contribution in [-0.2, 0) is 26.2 Å². The fourth-order valence-corrected chi connectivity index (χ4v) is 5.86. The van der Waals surface area contributed by atoms with E-state index in [1.807, 2.05) is 58.0 Å². The van der Waals surface area contributed by atoms with E-state index < -0.39 is 28.5 Å². The topological polar surface area (TPSA) is 86.8 Å². The first-order valence-corrected chi connectivity index (χ1v) is 15.2. The lowest BCUT2D eigenvalue weighted by atomic mass is 10.1. The van der Waals surface area contributed by atoms with Crippen LogP contribution in [0.1, 0.15) is 43.9 Å². The van der Waals surface area contributed by atoms with Gasteiger partial charge in [0, 0.05) is 17.1 Å². The molecule has 0 aliphatic heterocycles. The molecule has 0 aromatic heterocycles. The van der Waals surface area contributed by atoms with Crippen molar-refractivity contribution in [2.45, 2.75) is 64.6 Å². The van der Waals surface area contributed by atoms with E-state index in [-0.39, 0.29) is 23.4 Å². The molecule has 1 N–H and O–H groups in total. The molecule has 0 aliphatic carbocycles. The van der Waals surface area contributed by atoms with Gasteiger partial charge < -0.3 is 10.2 Å². The molecule has 0 unspecified atom stereocenters. The zero-order chi connectivity index (χ0) is 28.7. The van der Waals surface area contributed by atoms with Crippen LogP contribution in [0.2, 0.25) is 0 Å². The molecule has 3 aromatic carbocycles. The van der Waals surface area contributed by atoms with Crippen molar-refractivity contribution in [2.24, 2.45) is 0 Å². The minimum absolute atomic E-state index is 0.0604. The highest BCUT2D eigenvalue weighted by molar-refractivity contribution is 9.10. The maximum Gasteiger partial charge on any atom is 0.264 e. The summed E-state index contributed by atoms with van der Waals surface area (Å²) in [6.07, 6.45) is 0.745. The first kappa shape index (κ1) is 30.4. The van der Waals surface area contributed by atoms with Crippen molar-refractivity contribution < 1.29 is 18.0 Å². The average Bonchev–Trinajstić information content (AvgIpc) is 2.90. The predicted octanol–water partition coefficient (Wildman–Crippen LogP) is 5.59. The SMILES string of the molecule is CC[C@@H](C)NC(=O)[C@H](C)N(Cc1ccc(Br)cc1)C(=O)CN(c1cc(C)cc(C)c1)S(=O)(=O)c1ccccc1. The van der Waals surface area contributed by atoms with Crippen molar-refractivity contribution in [3.63, 3.8) is 0 Å². The van der Waals surface area contributed by atoms with E-state index in [0.717, 1.165) is 31.9 Å². The van der Waals surface area contributed by atoms with E-state index in [0.29, 0.717) is 5.69 Å². The van der Waals surface area contributed by atoms with Crippen LogP contribution in [0.4, 0.5) is 5.69 Å². The molecular weight excluding hydrogens is 578 g/mol. The van der Waals surface area contributed by atoms with Gasteiger partial charge in [-0.25, -0.2) is 8.42 Å². The third kappa shape index (κ3) is 7.92. The van der Waals surface area contributed by atoms with Gasteiger partial charge in [0.2, 0.25) is 11.8 Å². The van der Waals surface area contributed by atoms with Gasteiger partial charge in [-0.05, 0) is 87.2 Å². The Morgan fingerprint density at radius 1 is 0.923 bits per heavy atom. The number of hydrogen-bond donors (Lipinski definition) is 1. The molecular formula is C30H36BrN3O4S. The zero-order valence-electron chi connectivity index (χ0n) is 23.0. The molecule has 0 spiro atoms. The van der Waals surface area contributed by atoms with Gasteiger partial charge in [-0.2, -0.15) is 0 Å². The molecule has 7 nitrogen and oxygen atoms in total. The normalized spacial score (nSPS) is 12.9. The standard InChI is InChI=1S/C30H36BrN3O4S/c1-6-23(4)32-30(36)24(5)33(19-25-12-14-26(31)15-13-25)29(35)20-34(27-17-21(2)16-22(3)18-27)39(37,38)28-10-8-7-9-11-28/h7-18,23-24H,6,19-20H2,1-5H3,(H,32,36)/t23-,24+/m1/s1. The van der Waals surface area contributed by atoms with Crippen LogP contribution in [0.3, 0.4) is 0 Å². The van der Waals surface area contributed by atoms with Crippen molar-refractivity contribution in [2.75, 3.05) is 10.8 Å². The lowest BCUT2D eigenvalue weighted by molar-refractivity contribution is -0.139. The number of nitrogens with zero attached hydrogens (tertiary/aromatic N) is 2. The number of sulfonamides is 1. The highest BCUT2D eigenvalue weighted by Crippen LogP contribution is 2.26. The number of aryl methyl sites for hydroxylation is 2. The van der Waals surface area contributed by atoms with Crippen molar-refractivity contribution >= 4 is 43.5 Å². The minimum atomic E-state index is -4.08. The van der Waals surface area contributed by atoms with Crippen LogP contribution in [0.5, 0.6) is 0 Å². The molecule has 0 bridgehead atoms. The van der Waals surface area contributed by atoms with Gasteiger partial charge in [0.15, 0.2) is 0 Å². The Morgan fingerprint density at radius 2 is 1.51 bits per heavy atom. The highest BCUT2D eigenvalue weighted by atomic mass is 79.9. The second kappa shape index (κ2) is 13.3. The van der Waals surface area contributed by atoms with Crippen LogP contribution in [0.25, 0.3) is 0 Å². The number of benzene rings is 3. The molecule has 0 heterocycles. The van der Waals surface area contributed by atoms with Crippen molar-refractivity contribution in [1.29, 1.82) is 0 Å². The number of halogens is 1. The number of anilines is 1. The Kier molecular flexibility index (Phi) is 10.3. The molecule has 0 saturated carbocycles. The second-order valence-corrected chi connectivity index (χ2v) is 12.6. The zero-order valence-corrected chi connectivity index (χ0v) is 25.4. The van der Waals surface area contributed by atoms with E-state index in [1.165, 1.54) is 17.0 Å². The largest absolute Gasteiger partial charge is 0.352 e. The Bertz CT molecular complexity index is 1380. The summed E-state index contributed by atoms with van der Waals surface area (Å²) in [6, 6.07) is 20.1. The molecule has 0 fully saturated rings. The van der Waals surface area contributed by atoms with E-state index in [2.05, 4.69) is 21.2 Å². The first-order valence-electron chi connectivity index (χ1n) is 12.9. The average molecular weight is 615 g/mol. The van der Waals surface area contributed by atoms with Gasteiger partial charge in [0.25, 0.3) is 10.0 Å². The predicted molar refractivity (Wildman–Crippen MR) is 159 cm³/mol. The summed E-state index contributed by atoms with van der Waals surface area (Å²) >= 11 is 3.42. The van der Waals surface area contributed by atoms with Crippen LogP contribution < -0.4 is 9.62 Å². The molecule has 9 heteroatoms. The fourth-order valence-electron chi connectivity index (χ4n) is 4.18. The van der Waals surface area contributed by atoms with Crippen LogP contribution in [0, 0.1) is 13.8 Å². The van der Waals surface area contributed by atoms with E-state index in [1.54, 1.807) is 37.3 Å². The smallest absolute Gasteiger partial charge is 0.264 e. The van der Waals surface area contributed by atoms with Gasteiger partial charge in [-0.15, -0.1) is 0 Å². The van der Waals surface area contributed by atoms with Gasteiger partial charge >= 0.3 is 0 Å². The van der Waals surface area contributed by atoms with Crippen LogP contribution in [0.15, 0.2) is 82.2 Å². The van der Waals surface area contributed by atoms with Gasteiger partial charge in [-0.1, -0.05) is 59.3 Å². The van der Waals surface area contributed by atoms with Gasteiger partial charge in [0.1, 0.15) is 12.6 Å². The molecule has 3 rings (SSSR count). The monoisotopic (exact) mass is 613 g/mol. The van der Waals surface area contributed by atoms with E-state index in [9.17, 15) is 18.0 Å². The lowest BCUT2D eigenvalue weighted by Gasteiger charge is -2.32. The molecule has 2 amide bonds. The summed E-state index contributed by atoms with van der Waals surface area (Å²) < 4.78 is 29.8. The fraction of sp³-hybridized carbons (Fsp3) is 0.333. The summed E-state index contributed by atoms with van der Waals surface area (Å²) in [4.78, 5) is 28.6. The van der Waals surface area contributed by atoms with Crippen LogP contribution >= 0.6 is 15.9 Å². The minimum Gasteiger partial charge on any atom is -0.352 e. The summed E-state index contributed by atoms with van der Waals surface area (Å²) in [6.45, 7) is 8.99. The molecule has 0 radical (unpaired) electrons. The Hall–Kier alpha value is -3.17. The summed E-state index contributed by atoms with van der Waals surface area (Å²) in [5.74, 6) is -0.776. The summed E-state index contributed by atoms with van der Waals surface area (Å²) in [5.41, 5.74) is 2.96. The number of amides is 2. The first-order chi connectivity index (χ1) is 18.4. The summed E-state index contributed by atoms with van der Waals surface area (Å²) in [7, 11) is -4.08. The molecule has 39 heavy (non-hydrogen) atoms. The number of carbonyl (C=O) groups is 2. The Labute approximate surface area is 240 Å². The molecule has 0 aliphatic rings. The van der Waals surface area contributed by atoms with E-state index in [4.69, 9.17) is 0 Å². The molecule has 0 saturated heterocycles. The van der Waals surface area contributed by atoms with Crippen LogP contribution in [-0.4, -0.2) is 43.8 Å². The second-order valence-electron chi connectivity index (χ2n) is 9.81. The molecule has 208 valence electrons. The number of carbonyl (C=O) groups excluding carboxylic acids is 2. The van der Waals surface area contributed by atoms with Crippen molar-refractivity contribution in [1.82, 2.24) is 10.2 Å². The third-order valence-corrected chi connectivity index (χ3v) is 8.86. The third-order valence-electron chi connectivity index (χ3n) is 6.54. The van der Waals surface area contributed by atoms with Gasteiger partial charge in [-0.3, -0.25) is 13.9 Å². The number of rotatable bonds is 11. The highest BCUT2D eigenvalue weighted by Gasteiger charge is 2.32. The quantitative estimate of drug-likeness (QED) is 0.305. The van der Waals surface area contributed by atoms with Crippen molar-refractivity contribution in [3.05, 3.63) is 94.0 Å². The summed E-state index contributed by atoms with van der Waals surface area (Å²) in [5, 5.41) is 2.94. The van der Waals surface area contributed by atoms with Gasteiger partial charge in [0.05, 0.1) is 10.6 Å². The van der Waals surface area contributed by atoms with E-state index >= 15 is 0 Å². The molecule has 2 atom stereocenters. The van der Waals surface area contributed by atoms with Crippen molar-refractivity contribution in [3.8, 4) is 0 Å². The lowest BCUT2D eigenvalue weighted by Crippen LogP contribution is -2.52.